The monoisotopic (exact) mass is 602 g/mol. The van der Waals surface area contributed by atoms with Crippen LogP contribution in [0, 0.1) is 0 Å². The fourth-order valence-electron chi connectivity index (χ4n) is 4.99. The van der Waals surface area contributed by atoms with Gasteiger partial charge in [0.15, 0.2) is 0 Å². The van der Waals surface area contributed by atoms with Gasteiger partial charge in [0.1, 0.15) is 5.75 Å². The molecule has 6 nitrogen and oxygen atoms in total. The molecule has 0 heterocycles. The molecule has 0 saturated heterocycles. The summed E-state index contributed by atoms with van der Waals surface area (Å²) in [5, 5.41) is -14.2. The maximum absolute atomic E-state index is 14.7. The predicted octanol–water partition coefficient (Wildman–Crippen LogP) is 6.83. The van der Waals surface area contributed by atoms with Crippen molar-refractivity contribution in [3.63, 3.8) is 0 Å². The lowest BCUT2D eigenvalue weighted by Crippen LogP contribution is -2.66. The number of benzene rings is 1. The Balaban J connectivity index is 2.12. The summed E-state index contributed by atoms with van der Waals surface area (Å²) >= 11 is 0. The van der Waals surface area contributed by atoms with Gasteiger partial charge < -0.3 is 4.18 Å². The molecule has 0 spiro atoms. The molecule has 0 aromatic heterocycles. The van der Waals surface area contributed by atoms with Crippen molar-refractivity contribution in [2.75, 3.05) is 0 Å². The highest BCUT2D eigenvalue weighted by Crippen LogP contribution is 2.56. The smallest absolute Gasteiger partial charge is 0.377 e. The Kier molecular flexibility index (Phi) is 8.43. The first-order valence-corrected chi connectivity index (χ1v) is 14.7. The van der Waals surface area contributed by atoms with E-state index in [0.717, 1.165) is 12.8 Å². The van der Waals surface area contributed by atoms with Crippen molar-refractivity contribution in [3.05, 3.63) is 29.3 Å². The third-order valence-corrected chi connectivity index (χ3v) is 9.30. The second kappa shape index (κ2) is 10.4. The number of hydrogen-bond acceptors (Lipinski definition) is 5. The van der Waals surface area contributed by atoms with Gasteiger partial charge in [0.25, 0.3) is 0 Å². The van der Waals surface area contributed by atoms with Crippen LogP contribution in [0.2, 0.25) is 0 Å². The minimum Gasteiger partial charge on any atom is -0.377 e. The molecule has 1 N–H and O–H groups in total. The van der Waals surface area contributed by atoms with Crippen molar-refractivity contribution < 1.29 is 60.7 Å². The summed E-state index contributed by atoms with van der Waals surface area (Å²) in [6.45, 7) is 0. The molecule has 0 radical (unpaired) electrons. The lowest BCUT2D eigenvalue weighted by molar-refractivity contribution is -0.327. The molecule has 1 aromatic carbocycles. The fraction of sp³-hybridized carbons (Fsp3) is 0.727. The van der Waals surface area contributed by atoms with Crippen LogP contribution in [-0.2, 0) is 20.2 Å². The molecule has 0 aliphatic heterocycles. The molecule has 38 heavy (non-hydrogen) atoms. The van der Waals surface area contributed by atoms with Gasteiger partial charge in [0, 0.05) is 0 Å². The first-order valence-electron chi connectivity index (χ1n) is 11.8. The van der Waals surface area contributed by atoms with Gasteiger partial charge in [0.2, 0.25) is 0 Å². The van der Waals surface area contributed by atoms with Crippen molar-refractivity contribution in [1.29, 1.82) is 0 Å². The van der Waals surface area contributed by atoms with Crippen molar-refractivity contribution in [3.8, 4) is 5.75 Å². The highest BCUT2D eigenvalue weighted by Gasteiger charge is 2.88. The first kappa shape index (κ1) is 30.9. The summed E-state index contributed by atoms with van der Waals surface area (Å²) in [6, 6.07) is 4.18. The zero-order valence-corrected chi connectivity index (χ0v) is 21.4. The number of hydrogen-bond donors (Lipinski definition) is 1. The molecule has 2 aliphatic carbocycles. The second-order valence-electron chi connectivity index (χ2n) is 9.63. The van der Waals surface area contributed by atoms with Gasteiger partial charge in [-0.2, -0.15) is 52.0 Å². The van der Waals surface area contributed by atoms with Gasteiger partial charge >= 0.3 is 42.6 Å². The minimum atomic E-state index is -7.57. The largest absolute Gasteiger partial charge is 0.449 e. The fourth-order valence-corrected chi connectivity index (χ4v) is 6.40. The Hall–Kier alpha value is -1.68. The van der Waals surface area contributed by atoms with E-state index >= 15 is 0 Å². The Bertz CT molecular complexity index is 1190. The second-order valence-corrected chi connectivity index (χ2v) is 12.7. The van der Waals surface area contributed by atoms with E-state index in [0.29, 0.717) is 51.4 Å². The maximum Gasteiger partial charge on any atom is 0.449 e. The van der Waals surface area contributed by atoms with Gasteiger partial charge in [0.05, 0.1) is 0 Å². The molecule has 0 unspecified atom stereocenters. The van der Waals surface area contributed by atoms with E-state index in [2.05, 4.69) is 4.18 Å². The highest BCUT2D eigenvalue weighted by atomic mass is 32.2. The van der Waals surface area contributed by atoms with Crippen LogP contribution in [0.15, 0.2) is 18.2 Å². The quantitative estimate of drug-likeness (QED) is 0.189. The molecular weight excluding hydrogens is 576 g/mol. The standard InChI is InChI=1S/C22H26F8O6S2/c23-19(24,21(27,28)37(31,32)33)20(25,26)22(29,30)38(34,35)36-18-16(14-8-3-1-4-9-14)12-7-13-17(18)15-10-5-2-6-11-15/h7,12-15H,1-6,8-11H2,(H,31,32,33). The third-order valence-electron chi connectivity index (χ3n) is 7.12. The molecule has 0 atom stereocenters. The van der Waals surface area contributed by atoms with E-state index in [4.69, 9.17) is 4.55 Å². The number of para-hydroxylation sites is 1. The molecule has 2 saturated carbocycles. The van der Waals surface area contributed by atoms with Gasteiger partial charge in [-0.1, -0.05) is 56.7 Å². The summed E-state index contributed by atoms with van der Waals surface area (Å²) < 4.78 is 172. The first-order chi connectivity index (χ1) is 17.3. The Labute approximate surface area is 214 Å². The Morgan fingerprint density at radius 1 is 0.658 bits per heavy atom. The Morgan fingerprint density at radius 2 is 1.03 bits per heavy atom. The van der Waals surface area contributed by atoms with Crippen LogP contribution in [0.1, 0.15) is 87.2 Å². The van der Waals surface area contributed by atoms with Crippen LogP contribution >= 0.6 is 0 Å². The Morgan fingerprint density at radius 3 is 1.39 bits per heavy atom. The lowest BCUT2D eigenvalue weighted by Gasteiger charge is -2.35. The molecular formula is C22H26F8O6S2. The molecule has 2 aliphatic rings. The van der Waals surface area contributed by atoms with E-state index in [1.165, 1.54) is 18.2 Å². The summed E-state index contributed by atoms with van der Waals surface area (Å²) in [6.07, 6.45) is 6.23. The molecule has 218 valence electrons. The topological polar surface area (TPSA) is 97.7 Å². The average Bonchev–Trinajstić information content (AvgIpc) is 2.84. The highest BCUT2D eigenvalue weighted by molar-refractivity contribution is 7.88. The van der Waals surface area contributed by atoms with Crippen molar-refractivity contribution in [2.45, 2.75) is 98.4 Å². The minimum absolute atomic E-state index is 0.0745. The van der Waals surface area contributed by atoms with Gasteiger partial charge in [-0.3, -0.25) is 4.55 Å². The third kappa shape index (κ3) is 5.11. The summed E-state index contributed by atoms with van der Waals surface area (Å²) in [4.78, 5) is 0. The number of halogens is 8. The summed E-state index contributed by atoms with van der Waals surface area (Å²) in [5.74, 6) is -16.7. The van der Waals surface area contributed by atoms with Gasteiger partial charge in [-0.25, -0.2) is 0 Å². The molecule has 0 bridgehead atoms. The van der Waals surface area contributed by atoms with Crippen molar-refractivity contribution in [2.24, 2.45) is 0 Å². The normalized spacial score (nSPS) is 19.9. The van der Waals surface area contributed by atoms with Gasteiger partial charge in [-0.05, 0) is 48.6 Å². The van der Waals surface area contributed by atoms with Crippen molar-refractivity contribution >= 4 is 20.2 Å². The number of rotatable bonds is 9. The van der Waals surface area contributed by atoms with E-state index < -0.39 is 60.2 Å². The van der Waals surface area contributed by atoms with E-state index in [1.54, 1.807) is 0 Å². The SMILES string of the molecule is O=S(=O)(O)C(F)(F)C(F)(F)C(F)(F)C(F)(F)S(=O)(=O)Oc1c(C2CCCCC2)cccc1C1CCCCC1. The van der Waals surface area contributed by atoms with Crippen LogP contribution in [0.25, 0.3) is 0 Å². The zero-order chi connectivity index (χ0) is 28.8. The van der Waals surface area contributed by atoms with E-state index in [-0.39, 0.29) is 11.1 Å². The summed E-state index contributed by atoms with van der Waals surface area (Å²) in [5.41, 5.74) is 0.149. The maximum atomic E-state index is 14.7. The van der Waals surface area contributed by atoms with Crippen molar-refractivity contribution in [1.82, 2.24) is 0 Å². The molecule has 3 rings (SSSR count). The molecule has 1 aromatic rings. The van der Waals surface area contributed by atoms with E-state index in [1.807, 2.05) is 0 Å². The number of alkyl halides is 8. The van der Waals surface area contributed by atoms with Crippen LogP contribution in [-0.4, -0.2) is 43.7 Å². The van der Waals surface area contributed by atoms with E-state index in [9.17, 15) is 52.0 Å². The van der Waals surface area contributed by atoms with Crippen LogP contribution < -0.4 is 4.18 Å². The predicted molar refractivity (Wildman–Crippen MR) is 119 cm³/mol. The van der Waals surface area contributed by atoms with Crippen LogP contribution in [0.3, 0.4) is 0 Å². The van der Waals surface area contributed by atoms with Crippen LogP contribution in [0.5, 0.6) is 5.75 Å². The molecule has 2 fully saturated rings. The molecule has 0 amide bonds. The zero-order valence-electron chi connectivity index (χ0n) is 19.8. The van der Waals surface area contributed by atoms with Crippen LogP contribution in [0.4, 0.5) is 35.1 Å². The lowest BCUT2D eigenvalue weighted by atomic mass is 9.79. The summed E-state index contributed by atoms with van der Waals surface area (Å²) in [7, 11) is -14.5. The molecule has 16 heteroatoms. The average molecular weight is 603 g/mol. The van der Waals surface area contributed by atoms with Gasteiger partial charge in [-0.15, -0.1) is 0 Å².